The summed E-state index contributed by atoms with van der Waals surface area (Å²) >= 11 is 0. The standard InChI is InChI=1S/C9H23NSi/c1-4-5-6-7-10-11-8-9(2)3/h9-10H,4-8,11H2,1-3H3. The van der Waals surface area contributed by atoms with E-state index in [2.05, 4.69) is 25.8 Å². The number of hydrogen-bond acceptors (Lipinski definition) is 1. The molecule has 1 N–H and O–H groups in total. The molecule has 0 bridgehead atoms. The van der Waals surface area contributed by atoms with Gasteiger partial charge in [0, 0.05) is 0 Å². The maximum Gasteiger partial charge on any atom is 0.0918 e. The van der Waals surface area contributed by atoms with E-state index in [0.717, 1.165) is 5.92 Å². The average molecular weight is 173 g/mol. The molecular formula is C9H23NSi. The topological polar surface area (TPSA) is 12.0 Å². The third kappa shape index (κ3) is 10.2. The molecule has 0 unspecified atom stereocenters. The van der Waals surface area contributed by atoms with Crippen molar-refractivity contribution in [1.82, 2.24) is 4.98 Å². The molecule has 0 saturated heterocycles. The second kappa shape index (κ2) is 8.28. The van der Waals surface area contributed by atoms with Crippen LogP contribution >= 0.6 is 0 Å². The molecule has 0 radical (unpaired) electrons. The highest BCUT2D eigenvalue weighted by Gasteiger charge is 1.93. The fraction of sp³-hybridized carbons (Fsp3) is 1.00. The van der Waals surface area contributed by atoms with Crippen LogP contribution in [0.5, 0.6) is 0 Å². The molecule has 0 aromatic rings. The Kier molecular flexibility index (Phi) is 8.41. The zero-order valence-electron chi connectivity index (χ0n) is 8.32. The van der Waals surface area contributed by atoms with E-state index < -0.39 is 0 Å². The number of nitrogens with one attached hydrogen (secondary N) is 1. The Bertz CT molecular complexity index is 74.0. The van der Waals surface area contributed by atoms with Crippen molar-refractivity contribution >= 4 is 9.68 Å². The Balaban J connectivity index is 2.80. The van der Waals surface area contributed by atoms with Crippen LogP contribution in [0.25, 0.3) is 0 Å². The van der Waals surface area contributed by atoms with Crippen molar-refractivity contribution in [3.8, 4) is 0 Å². The Morgan fingerprint density at radius 1 is 1.27 bits per heavy atom. The lowest BCUT2D eigenvalue weighted by atomic mass is 10.3. The fourth-order valence-electron chi connectivity index (χ4n) is 1.02. The molecule has 0 aromatic carbocycles. The second-order valence-corrected chi connectivity index (χ2v) is 5.22. The molecule has 11 heavy (non-hydrogen) atoms. The minimum absolute atomic E-state index is 0.0859. The van der Waals surface area contributed by atoms with Crippen molar-refractivity contribution in [1.29, 1.82) is 0 Å². The highest BCUT2D eigenvalue weighted by Crippen LogP contribution is 1.97. The molecule has 0 amide bonds. The van der Waals surface area contributed by atoms with Crippen LogP contribution in [-0.4, -0.2) is 16.2 Å². The van der Waals surface area contributed by atoms with Crippen LogP contribution < -0.4 is 4.98 Å². The summed E-state index contributed by atoms with van der Waals surface area (Å²) in [6, 6.07) is 1.45. The largest absolute Gasteiger partial charge is 0.342 e. The molecule has 0 heterocycles. The molecule has 0 aliphatic heterocycles. The highest BCUT2D eigenvalue weighted by atomic mass is 28.2. The maximum atomic E-state index is 3.59. The minimum atomic E-state index is 0.0859. The molecule has 0 aliphatic carbocycles. The van der Waals surface area contributed by atoms with E-state index in [0.29, 0.717) is 0 Å². The van der Waals surface area contributed by atoms with Crippen molar-refractivity contribution in [3.05, 3.63) is 0 Å². The van der Waals surface area contributed by atoms with Crippen LogP contribution in [0, 0.1) is 5.92 Å². The summed E-state index contributed by atoms with van der Waals surface area (Å²) in [4.78, 5) is 3.59. The van der Waals surface area contributed by atoms with Gasteiger partial charge in [-0.1, -0.05) is 33.6 Å². The molecule has 68 valence electrons. The van der Waals surface area contributed by atoms with Gasteiger partial charge in [0.15, 0.2) is 0 Å². The molecule has 0 aromatic heterocycles. The molecule has 2 heteroatoms. The summed E-state index contributed by atoms with van der Waals surface area (Å²) in [7, 11) is 0.0859. The van der Waals surface area contributed by atoms with Crippen LogP contribution in [0.2, 0.25) is 6.04 Å². The monoisotopic (exact) mass is 173 g/mol. The molecule has 0 aliphatic rings. The minimum Gasteiger partial charge on any atom is -0.342 e. The summed E-state index contributed by atoms with van der Waals surface area (Å²) in [5, 5.41) is 0. The van der Waals surface area contributed by atoms with E-state index in [1.54, 1.807) is 0 Å². The molecule has 0 spiro atoms. The second-order valence-electron chi connectivity index (χ2n) is 3.64. The third-order valence-corrected chi connectivity index (χ3v) is 4.01. The van der Waals surface area contributed by atoms with Crippen molar-refractivity contribution in [2.75, 3.05) is 6.54 Å². The number of unbranched alkanes of at least 4 members (excludes halogenated alkanes) is 2. The summed E-state index contributed by atoms with van der Waals surface area (Å²) in [5.74, 6) is 0.903. The van der Waals surface area contributed by atoms with Gasteiger partial charge in [0.2, 0.25) is 0 Å². The first kappa shape index (κ1) is 11.2. The van der Waals surface area contributed by atoms with Gasteiger partial charge in [-0.2, -0.15) is 0 Å². The first-order valence-electron chi connectivity index (χ1n) is 4.98. The van der Waals surface area contributed by atoms with E-state index in [4.69, 9.17) is 0 Å². The van der Waals surface area contributed by atoms with Crippen molar-refractivity contribution < 1.29 is 0 Å². The predicted molar refractivity (Wildman–Crippen MR) is 55.7 cm³/mol. The number of rotatable bonds is 7. The Morgan fingerprint density at radius 3 is 2.55 bits per heavy atom. The lowest BCUT2D eigenvalue weighted by Crippen LogP contribution is -2.21. The van der Waals surface area contributed by atoms with E-state index in [1.807, 2.05) is 0 Å². The summed E-state index contributed by atoms with van der Waals surface area (Å²) < 4.78 is 0. The normalized spacial score (nSPS) is 12.0. The van der Waals surface area contributed by atoms with Crippen LogP contribution in [0.4, 0.5) is 0 Å². The molecule has 0 saturated carbocycles. The fourth-order valence-corrected chi connectivity index (χ4v) is 2.30. The Labute approximate surface area is 73.9 Å². The van der Waals surface area contributed by atoms with Crippen molar-refractivity contribution in [2.24, 2.45) is 5.92 Å². The summed E-state index contributed by atoms with van der Waals surface area (Å²) in [6.07, 6.45) is 4.11. The number of hydrogen-bond donors (Lipinski definition) is 1. The van der Waals surface area contributed by atoms with Crippen molar-refractivity contribution in [3.63, 3.8) is 0 Å². The zero-order chi connectivity index (χ0) is 8.53. The predicted octanol–water partition coefficient (Wildman–Crippen LogP) is 1.92. The van der Waals surface area contributed by atoms with Gasteiger partial charge in [0.1, 0.15) is 0 Å². The third-order valence-electron chi connectivity index (χ3n) is 1.86. The van der Waals surface area contributed by atoms with Gasteiger partial charge >= 0.3 is 0 Å². The van der Waals surface area contributed by atoms with Gasteiger partial charge in [-0.25, -0.2) is 0 Å². The van der Waals surface area contributed by atoms with Gasteiger partial charge in [0.25, 0.3) is 0 Å². The smallest absolute Gasteiger partial charge is 0.0918 e. The van der Waals surface area contributed by atoms with Crippen LogP contribution in [0.1, 0.15) is 40.0 Å². The van der Waals surface area contributed by atoms with E-state index in [9.17, 15) is 0 Å². The van der Waals surface area contributed by atoms with Gasteiger partial charge in [-0.05, 0) is 24.9 Å². The first-order chi connectivity index (χ1) is 5.27. The molecular weight excluding hydrogens is 150 g/mol. The molecule has 0 fully saturated rings. The average Bonchev–Trinajstić information content (AvgIpc) is 1.96. The van der Waals surface area contributed by atoms with Gasteiger partial charge in [-0.15, -0.1) is 0 Å². The van der Waals surface area contributed by atoms with Crippen LogP contribution in [-0.2, 0) is 0 Å². The summed E-state index contributed by atoms with van der Waals surface area (Å²) in [6.45, 7) is 8.14. The van der Waals surface area contributed by atoms with Gasteiger partial charge < -0.3 is 4.98 Å². The Hall–Kier alpha value is 0.177. The van der Waals surface area contributed by atoms with Gasteiger partial charge in [0.05, 0.1) is 9.68 Å². The first-order valence-corrected chi connectivity index (χ1v) is 6.68. The molecule has 1 nitrogen and oxygen atoms in total. The highest BCUT2D eigenvalue weighted by molar-refractivity contribution is 6.32. The van der Waals surface area contributed by atoms with E-state index in [1.165, 1.54) is 31.9 Å². The molecule has 0 atom stereocenters. The van der Waals surface area contributed by atoms with Crippen LogP contribution in [0.3, 0.4) is 0 Å². The van der Waals surface area contributed by atoms with E-state index in [-0.39, 0.29) is 9.68 Å². The lowest BCUT2D eigenvalue weighted by Gasteiger charge is -2.04. The molecule has 0 rings (SSSR count). The lowest BCUT2D eigenvalue weighted by molar-refractivity contribution is 0.688. The zero-order valence-corrected chi connectivity index (χ0v) is 9.73. The van der Waals surface area contributed by atoms with E-state index >= 15 is 0 Å². The van der Waals surface area contributed by atoms with Gasteiger partial charge in [-0.3, -0.25) is 0 Å². The Morgan fingerprint density at radius 2 is 2.00 bits per heavy atom. The van der Waals surface area contributed by atoms with Crippen LogP contribution in [0.15, 0.2) is 0 Å². The summed E-state index contributed by atoms with van der Waals surface area (Å²) in [5.41, 5.74) is 0. The maximum absolute atomic E-state index is 3.59. The SMILES string of the molecule is CCCCCN[SiH2]CC(C)C. The van der Waals surface area contributed by atoms with Crippen molar-refractivity contribution in [2.45, 2.75) is 46.1 Å². The quantitative estimate of drug-likeness (QED) is 0.458.